The van der Waals surface area contributed by atoms with Gasteiger partial charge in [-0.3, -0.25) is 9.36 Å². The van der Waals surface area contributed by atoms with Gasteiger partial charge in [-0.2, -0.15) is 4.98 Å². The molecule has 1 saturated carbocycles. The van der Waals surface area contributed by atoms with Crippen molar-refractivity contribution in [1.29, 1.82) is 0 Å². The molecule has 11 heteroatoms. The predicted octanol–water partition coefficient (Wildman–Crippen LogP) is 2.03. The summed E-state index contributed by atoms with van der Waals surface area (Å²) in [5.41, 5.74) is 12.9. The molecule has 3 aromatic heterocycles. The summed E-state index contributed by atoms with van der Waals surface area (Å²) in [7, 11) is 0. The van der Waals surface area contributed by atoms with Crippen LogP contribution in [0.1, 0.15) is 49.4 Å². The number of hydrogen-bond donors (Lipinski definition) is 3. The summed E-state index contributed by atoms with van der Waals surface area (Å²) in [6.45, 7) is 3.58. The summed E-state index contributed by atoms with van der Waals surface area (Å²) in [5.74, 6) is 7.54. The lowest BCUT2D eigenvalue weighted by Crippen LogP contribution is -2.25. The Labute approximate surface area is 201 Å². The molecule has 0 spiro atoms. The Hall–Kier alpha value is -4.30. The second-order valence-electron chi connectivity index (χ2n) is 8.01. The van der Waals surface area contributed by atoms with E-state index in [2.05, 4.69) is 43.9 Å². The van der Waals surface area contributed by atoms with Crippen molar-refractivity contribution in [2.24, 2.45) is 0 Å². The van der Waals surface area contributed by atoms with Gasteiger partial charge in [-0.15, -0.1) is 0 Å². The van der Waals surface area contributed by atoms with Crippen LogP contribution in [0.25, 0.3) is 22.4 Å². The van der Waals surface area contributed by atoms with E-state index in [1.54, 1.807) is 6.92 Å². The molecular formula is C24H26N8O3. The average Bonchev–Trinajstić information content (AvgIpc) is 3.58. The number of nitrogens with zero attached hydrogens (tertiary/aromatic N) is 6. The van der Waals surface area contributed by atoms with Crippen LogP contribution in [-0.4, -0.2) is 41.4 Å². The third-order valence-electron chi connectivity index (χ3n) is 5.34. The highest BCUT2D eigenvalue weighted by Crippen LogP contribution is 2.35. The number of anilines is 2. The number of fused-ring (bicyclic) bond motifs is 1. The summed E-state index contributed by atoms with van der Waals surface area (Å²) in [5, 5.41) is 13.1. The first kappa shape index (κ1) is 23.8. The normalized spacial score (nSPS) is 12.5. The lowest BCUT2D eigenvalue weighted by Gasteiger charge is -2.12. The lowest BCUT2D eigenvalue weighted by molar-refractivity contribution is 0.350. The van der Waals surface area contributed by atoms with Crippen LogP contribution in [0, 0.1) is 18.8 Å². The fourth-order valence-electron chi connectivity index (χ4n) is 3.67. The minimum atomic E-state index is -0.214. The van der Waals surface area contributed by atoms with Crippen LogP contribution in [0.2, 0.25) is 0 Å². The second-order valence-corrected chi connectivity index (χ2v) is 8.01. The molecule has 4 aromatic rings. The molecule has 0 amide bonds. The van der Waals surface area contributed by atoms with Gasteiger partial charge in [-0.05, 0) is 38.3 Å². The zero-order chi connectivity index (χ0) is 24.9. The highest BCUT2D eigenvalue weighted by molar-refractivity contribution is 5.84. The van der Waals surface area contributed by atoms with Crippen LogP contribution < -0.4 is 17.0 Å². The lowest BCUT2D eigenvalue weighted by atomic mass is 10.1. The fraction of sp³-hybridized carbons (Fsp3) is 0.333. The Morgan fingerprint density at radius 1 is 1.20 bits per heavy atom. The number of nitrogen functional groups attached to an aromatic ring is 2. The SMILES string of the molecule is CCCc1nc2cccc(C#CCO)c2c(=O)n1C1CC1.Cc1noc(-c2c(N)ncnc2N)n1. The maximum absolute atomic E-state index is 12.9. The van der Waals surface area contributed by atoms with Gasteiger partial charge in [-0.25, -0.2) is 15.0 Å². The van der Waals surface area contributed by atoms with Crippen LogP contribution in [0.15, 0.2) is 33.8 Å². The number of nitrogens with two attached hydrogens (primary N) is 2. The summed E-state index contributed by atoms with van der Waals surface area (Å²) >= 11 is 0. The quantitative estimate of drug-likeness (QED) is 0.371. The molecule has 0 bridgehead atoms. The highest BCUT2D eigenvalue weighted by atomic mass is 16.5. The van der Waals surface area contributed by atoms with E-state index < -0.39 is 0 Å². The van der Waals surface area contributed by atoms with Gasteiger partial charge in [0.2, 0.25) is 0 Å². The molecule has 1 fully saturated rings. The van der Waals surface area contributed by atoms with Gasteiger partial charge in [-0.1, -0.05) is 30.0 Å². The maximum Gasteiger partial charge on any atom is 0.265 e. The molecule has 3 heterocycles. The third-order valence-corrected chi connectivity index (χ3v) is 5.34. The molecule has 1 aliphatic carbocycles. The molecule has 5 rings (SSSR count). The zero-order valence-corrected chi connectivity index (χ0v) is 19.5. The van der Waals surface area contributed by atoms with E-state index in [0.717, 1.165) is 31.5 Å². The molecule has 11 nitrogen and oxygen atoms in total. The van der Waals surface area contributed by atoms with E-state index >= 15 is 0 Å². The Morgan fingerprint density at radius 3 is 2.54 bits per heavy atom. The van der Waals surface area contributed by atoms with Crippen molar-refractivity contribution in [2.75, 3.05) is 18.1 Å². The molecule has 5 N–H and O–H groups in total. The van der Waals surface area contributed by atoms with E-state index in [9.17, 15) is 4.79 Å². The molecule has 0 aliphatic heterocycles. The molecule has 0 saturated heterocycles. The average molecular weight is 475 g/mol. The van der Waals surface area contributed by atoms with Gasteiger partial charge in [0.1, 0.15) is 36.0 Å². The van der Waals surface area contributed by atoms with Crippen LogP contribution in [0.5, 0.6) is 0 Å². The largest absolute Gasteiger partial charge is 0.384 e. The molecule has 1 aliphatic rings. The number of hydrogen-bond acceptors (Lipinski definition) is 10. The summed E-state index contributed by atoms with van der Waals surface area (Å²) in [6.07, 6.45) is 5.16. The molecule has 35 heavy (non-hydrogen) atoms. The Bertz CT molecular complexity index is 1460. The molecule has 1 aromatic carbocycles. The number of aromatic nitrogens is 6. The van der Waals surface area contributed by atoms with E-state index in [1.165, 1.54) is 6.33 Å². The van der Waals surface area contributed by atoms with Crippen molar-refractivity contribution in [2.45, 2.75) is 45.6 Å². The molecular weight excluding hydrogens is 448 g/mol. The standard InChI is InChI=1S/C17H18N2O2.C7H8N6O/c1-2-5-15-18-14-8-3-6-12(7-4-11-20)16(14)17(21)19(15)13-9-10-13;1-3-12-7(14-13-3)4-5(8)10-2-11-6(4)9/h3,6,8,13,20H,2,5,9-11H2,1H3;2H,1H3,(H4,8,9,10,11). The number of rotatable bonds is 4. The third kappa shape index (κ3) is 5.12. The van der Waals surface area contributed by atoms with Crippen molar-refractivity contribution >= 4 is 22.5 Å². The molecule has 180 valence electrons. The number of aliphatic hydroxyl groups is 1. The van der Waals surface area contributed by atoms with E-state index in [-0.39, 0.29) is 29.7 Å². The van der Waals surface area contributed by atoms with Gasteiger partial charge < -0.3 is 21.1 Å². The first-order valence-electron chi connectivity index (χ1n) is 11.2. The van der Waals surface area contributed by atoms with Crippen molar-refractivity contribution in [3.8, 4) is 23.3 Å². The summed E-state index contributed by atoms with van der Waals surface area (Å²) in [4.78, 5) is 29.1. The second kappa shape index (κ2) is 10.3. The topological polar surface area (TPSA) is 172 Å². The van der Waals surface area contributed by atoms with Crippen LogP contribution >= 0.6 is 0 Å². The Balaban J connectivity index is 0.000000179. The van der Waals surface area contributed by atoms with E-state index in [0.29, 0.717) is 33.9 Å². The monoisotopic (exact) mass is 474 g/mol. The van der Waals surface area contributed by atoms with E-state index in [4.69, 9.17) is 21.1 Å². The van der Waals surface area contributed by atoms with Gasteiger partial charge in [0.05, 0.1) is 10.9 Å². The number of aliphatic hydroxyl groups excluding tert-OH is 1. The van der Waals surface area contributed by atoms with Gasteiger partial charge in [0.25, 0.3) is 11.4 Å². The molecule has 0 unspecified atom stereocenters. The van der Waals surface area contributed by atoms with E-state index in [1.807, 2.05) is 22.8 Å². The minimum Gasteiger partial charge on any atom is -0.384 e. The summed E-state index contributed by atoms with van der Waals surface area (Å²) in [6, 6.07) is 5.82. The fourth-order valence-corrected chi connectivity index (χ4v) is 3.67. The zero-order valence-electron chi connectivity index (χ0n) is 19.5. The number of benzene rings is 1. The van der Waals surface area contributed by atoms with Crippen LogP contribution in [0.4, 0.5) is 11.6 Å². The molecule has 0 atom stereocenters. The molecule has 0 radical (unpaired) electrons. The van der Waals surface area contributed by atoms with Crippen LogP contribution in [-0.2, 0) is 6.42 Å². The first-order chi connectivity index (χ1) is 16.9. The van der Waals surface area contributed by atoms with Crippen LogP contribution in [0.3, 0.4) is 0 Å². The summed E-state index contributed by atoms with van der Waals surface area (Å²) < 4.78 is 6.77. The predicted molar refractivity (Wildman–Crippen MR) is 131 cm³/mol. The van der Waals surface area contributed by atoms with Crippen molar-refractivity contribution < 1.29 is 9.63 Å². The van der Waals surface area contributed by atoms with Gasteiger partial charge in [0, 0.05) is 18.0 Å². The Kier molecular flexibility index (Phi) is 7.03. The van der Waals surface area contributed by atoms with Gasteiger partial charge in [0.15, 0.2) is 5.82 Å². The number of aryl methyl sites for hydroxylation is 2. The highest BCUT2D eigenvalue weighted by Gasteiger charge is 2.28. The Morgan fingerprint density at radius 2 is 1.94 bits per heavy atom. The minimum absolute atomic E-state index is 0.00814. The first-order valence-corrected chi connectivity index (χ1v) is 11.2. The maximum atomic E-state index is 12.9. The van der Waals surface area contributed by atoms with Crippen molar-refractivity contribution in [3.63, 3.8) is 0 Å². The van der Waals surface area contributed by atoms with Gasteiger partial charge >= 0.3 is 0 Å². The van der Waals surface area contributed by atoms with Crippen molar-refractivity contribution in [1.82, 2.24) is 29.7 Å². The smallest absolute Gasteiger partial charge is 0.265 e. The van der Waals surface area contributed by atoms with Crippen molar-refractivity contribution in [3.05, 3.63) is 52.1 Å².